The van der Waals surface area contributed by atoms with E-state index in [0.717, 1.165) is 0 Å². The van der Waals surface area contributed by atoms with Gasteiger partial charge >= 0.3 is 15.6 Å². The molecule has 0 spiro atoms. The van der Waals surface area contributed by atoms with Gasteiger partial charge in [0, 0.05) is 0 Å². The van der Waals surface area contributed by atoms with Crippen LogP contribution < -0.4 is 29.4 Å². The average Bonchev–Trinajstić information content (AvgIpc) is 2.53. The van der Waals surface area contributed by atoms with E-state index in [1.54, 1.807) is 0 Å². The second-order valence-electron chi connectivity index (χ2n) is 6.17. The Labute approximate surface area is 197 Å². The summed E-state index contributed by atoms with van der Waals surface area (Å²) in [5, 5.41) is 29.8. The number of rotatable bonds is 12. The van der Waals surface area contributed by atoms with Crippen LogP contribution >= 0.6 is 46.9 Å². The molecule has 1 saturated carbocycles. The summed E-state index contributed by atoms with van der Waals surface area (Å²) < 4.78 is 88.4. The van der Waals surface area contributed by atoms with Crippen molar-refractivity contribution in [1.29, 1.82) is 0 Å². The number of hydrogen-bond acceptors (Lipinski definition) is 21. The van der Waals surface area contributed by atoms with Gasteiger partial charge in [-0.2, -0.15) is 4.31 Å². The predicted octanol–water partition coefficient (Wildman–Crippen LogP) is -6.92. The summed E-state index contributed by atoms with van der Waals surface area (Å²) in [7, 11) is -38.3. The van der Waals surface area contributed by atoms with E-state index in [1.165, 1.54) is 0 Å². The van der Waals surface area contributed by atoms with Crippen molar-refractivity contribution in [2.75, 3.05) is 0 Å². The molecule has 0 aliphatic heterocycles. The largest absolute Gasteiger partial charge is 0.790 e. The first-order chi connectivity index (χ1) is 15.6. The first-order valence-electron chi connectivity index (χ1n) is 7.92. The van der Waals surface area contributed by atoms with Gasteiger partial charge in [0.15, 0.2) is 0 Å². The number of phosphoric ester groups is 3. The van der Waals surface area contributed by atoms with Gasteiger partial charge in [-0.25, -0.2) is 9.13 Å². The molecule has 1 aliphatic carbocycles. The minimum Gasteiger partial charge on any atom is -0.790 e. The van der Waals surface area contributed by atoms with Gasteiger partial charge in [0.05, 0.1) is 15.6 Å². The van der Waals surface area contributed by atoms with Gasteiger partial charge < -0.3 is 77.5 Å². The summed E-state index contributed by atoms with van der Waals surface area (Å²) in [5.41, 5.74) is 0. The number of phosphoric acid groups is 6. The van der Waals surface area contributed by atoms with Crippen molar-refractivity contribution >= 4 is 46.9 Å². The molecule has 9 unspecified atom stereocenters. The highest BCUT2D eigenvalue weighted by molar-refractivity contribution is 7.61. The molecule has 0 saturated heterocycles. The Bertz CT molecular complexity index is 1000. The molecule has 30 heteroatoms. The molecule has 0 aromatic carbocycles. The Balaban J connectivity index is 3.59. The van der Waals surface area contributed by atoms with Crippen LogP contribution in [0.3, 0.4) is 0 Å². The van der Waals surface area contributed by atoms with Crippen molar-refractivity contribution in [2.45, 2.75) is 36.6 Å². The van der Waals surface area contributed by atoms with E-state index >= 15 is 0 Å². The fourth-order valence-electron chi connectivity index (χ4n) is 2.42. The van der Waals surface area contributed by atoms with Gasteiger partial charge in [0.2, 0.25) is 0 Å². The molecule has 0 bridgehead atoms. The van der Waals surface area contributed by atoms with E-state index in [-0.39, 0.29) is 0 Å². The Hall–Kier alpha value is 0.660. The van der Waals surface area contributed by atoms with Crippen LogP contribution in [0.2, 0.25) is 0 Å². The highest BCUT2D eigenvalue weighted by Gasteiger charge is 2.56. The van der Waals surface area contributed by atoms with Crippen LogP contribution in [0.15, 0.2) is 0 Å². The van der Waals surface area contributed by atoms with Crippen molar-refractivity contribution in [2.24, 2.45) is 0 Å². The van der Waals surface area contributed by atoms with Crippen molar-refractivity contribution in [1.82, 2.24) is 0 Å². The molecule has 24 nitrogen and oxygen atoms in total. The molecule has 1 fully saturated rings. The first-order valence-corrected chi connectivity index (χ1v) is 16.8. The normalized spacial score (nSPS) is 33.3. The van der Waals surface area contributed by atoms with Crippen molar-refractivity contribution < 1.29 is 113 Å². The summed E-state index contributed by atoms with van der Waals surface area (Å²) in [6.07, 6.45) is -18.4. The fraction of sp³-hybridized carbons (Fsp3) is 1.00. The van der Waals surface area contributed by atoms with Gasteiger partial charge in [-0.3, -0.25) is 22.3 Å². The van der Waals surface area contributed by atoms with Gasteiger partial charge in [-0.05, 0) is 0 Å². The van der Waals surface area contributed by atoms with E-state index in [0.29, 0.717) is 0 Å². The fourth-order valence-corrected chi connectivity index (χ4v) is 7.55. The minimum absolute atomic E-state index is 2.85. The second-order valence-corrected chi connectivity index (χ2v) is 14.3. The monoisotopic (exact) mass is 654 g/mol. The first kappa shape index (κ1) is 34.7. The van der Waals surface area contributed by atoms with Gasteiger partial charge in [-0.15, -0.1) is 0 Å². The lowest BCUT2D eigenvalue weighted by Crippen LogP contribution is -2.65. The summed E-state index contributed by atoms with van der Waals surface area (Å²) in [5.74, 6) is 0. The van der Waals surface area contributed by atoms with Crippen molar-refractivity contribution in [3.63, 3.8) is 0 Å². The Morgan fingerprint density at radius 3 is 1.17 bits per heavy atom. The molecule has 9 atom stereocenters. The van der Waals surface area contributed by atoms with Gasteiger partial charge in [0.25, 0.3) is 15.6 Å². The zero-order chi connectivity index (χ0) is 28.7. The maximum absolute atomic E-state index is 11.8. The average molecular weight is 654 g/mol. The quantitative estimate of drug-likeness (QED) is 0.106. The van der Waals surface area contributed by atoms with Crippen molar-refractivity contribution in [3.8, 4) is 0 Å². The molecule has 0 amide bonds. The van der Waals surface area contributed by atoms with E-state index in [9.17, 15) is 77.0 Å². The third-order valence-corrected chi connectivity index (χ3v) is 9.78. The minimum atomic E-state index is -6.62. The second kappa shape index (κ2) is 11.6. The summed E-state index contributed by atoms with van der Waals surface area (Å²) in [6.45, 7) is 0. The van der Waals surface area contributed by atoms with Crippen LogP contribution in [0, 0.1) is 0 Å². The lowest BCUT2D eigenvalue weighted by molar-refractivity contribution is -0.345. The van der Waals surface area contributed by atoms with E-state index in [4.69, 9.17) is 9.79 Å². The third-order valence-electron chi connectivity index (χ3n) is 3.39. The molecule has 0 radical (unpaired) electrons. The highest BCUT2D eigenvalue weighted by Crippen LogP contribution is 2.61. The SMILES string of the molecule is O=P([O-])([O-])OP(=O)([O-])OC1C(O)C(O)C(O)C(OP(=O)(O)OP(=O)(O)O)C1OP(=O)([O-])OP(=O)([O-])[O-]. The summed E-state index contributed by atoms with van der Waals surface area (Å²) in [4.78, 5) is 92.4. The lowest BCUT2D eigenvalue weighted by Gasteiger charge is -2.48. The molecule has 0 heterocycles. The van der Waals surface area contributed by atoms with Crippen molar-refractivity contribution in [3.05, 3.63) is 0 Å². The molecule has 6 N–H and O–H groups in total. The van der Waals surface area contributed by atoms with Crippen LogP contribution in [0.4, 0.5) is 0 Å². The topological polar surface area (TPSA) is 418 Å². The smallest absolute Gasteiger partial charge is 0.481 e. The van der Waals surface area contributed by atoms with E-state index in [2.05, 4.69) is 26.5 Å². The Morgan fingerprint density at radius 1 is 0.500 bits per heavy atom. The third kappa shape index (κ3) is 11.8. The Morgan fingerprint density at radius 2 is 0.833 bits per heavy atom. The van der Waals surface area contributed by atoms with E-state index in [1.807, 2.05) is 0 Å². The molecular formula is C6H12O24P6-6. The lowest BCUT2D eigenvalue weighted by atomic mass is 9.85. The number of aliphatic hydroxyl groups excluding tert-OH is 3. The molecule has 36 heavy (non-hydrogen) atoms. The predicted molar refractivity (Wildman–Crippen MR) is 88.2 cm³/mol. The summed E-state index contributed by atoms with van der Waals surface area (Å²) >= 11 is 0. The molecular weight excluding hydrogens is 642 g/mol. The number of aliphatic hydroxyl groups is 3. The van der Waals surface area contributed by atoms with Crippen LogP contribution in [-0.2, 0) is 53.9 Å². The molecule has 1 rings (SSSR count). The van der Waals surface area contributed by atoms with Crippen LogP contribution in [0.25, 0.3) is 0 Å². The van der Waals surface area contributed by atoms with Gasteiger partial charge in [-0.1, -0.05) is 0 Å². The van der Waals surface area contributed by atoms with Crippen LogP contribution in [0.5, 0.6) is 0 Å². The molecule has 0 aromatic rings. The van der Waals surface area contributed by atoms with Crippen LogP contribution in [0.1, 0.15) is 0 Å². The Kier molecular flexibility index (Phi) is 11.2. The highest BCUT2D eigenvalue weighted by atomic mass is 31.3. The molecule has 0 aromatic heterocycles. The standard InChI is InChI=1S/C6H18O24P6/c7-1-2(8)4(25-34(19,20)28-31(10,11)12)6(27-36(23,24)30-33(16,17)18)5(3(1)9)26-35(21,22)29-32(13,14)15/h1-9H,(H,19,20)(H,21,22)(H,23,24)(H2,10,11,12)(H2,13,14,15)(H2,16,17,18)/p-6. The number of hydrogen-bond donors (Lipinski definition) is 6. The maximum Gasteiger partial charge on any atom is 0.481 e. The summed E-state index contributed by atoms with van der Waals surface area (Å²) in [6, 6.07) is 0. The van der Waals surface area contributed by atoms with Crippen LogP contribution in [-0.4, -0.2) is 66.6 Å². The zero-order valence-corrected chi connectivity index (χ0v) is 21.5. The van der Waals surface area contributed by atoms with Gasteiger partial charge in [0.1, 0.15) is 36.6 Å². The molecule has 216 valence electrons. The molecule has 1 aliphatic rings. The maximum atomic E-state index is 11.8. The zero-order valence-electron chi connectivity index (χ0n) is 16.2. The van der Waals surface area contributed by atoms with E-state index < -0.39 is 83.6 Å².